The van der Waals surface area contributed by atoms with Crippen LogP contribution in [0, 0.1) is 27.7 Å². The summed E-state index contributed by atoms with van der Waals surface area (Å²) < 4.78 is 9.13. The minimum atomic E-state index is 0.126. The molecule has 8 rings (SSSR count). The molecule has 1 aromatic heterocycles. The normalized spacial score (nSPS) is 13.0. The molecule has 0 atom stereocenters. The molecule has 0 fully saturated rings. The van der Waals surface area contributed by atoms with Crippen molar-refractivity contribution in [1.82, 2.24) is 4.57 Å². The summed E-state index contributed by atoms with van der Waals surface area (Å²) in [7, 11) is 0. The van der Waals surface area contributed by atoms with Gasteiger partial charge >= 0.3 is 0 Å². The van der Waals surface area contributed by atoms with Crippen LogP contribution in [0.3, 0.4) is 0 Å². The van der Waals surface area contributed by atoms with Gasteiger partial charge in [-0.2, -0.15) is 0 Å². The molecule has 0 aliphatic carbocycles. The van der Waals surface area contributed by atoms with E-state index in [9.17, 15) is 0 Å². The zero-order valence-electron chi connectivity index (χ0n) is 21.5. The van der Waals surface area contributed by atoms with Crippen LogP contribution in [0.1, 0.15) is 22.3 Å². The number of hydrogen-bond acceptors (Lipinski definition) is 1. The maximum absolute atomic E-state index is 6.66. The van der Waals surface area contributed by atoms with E-state index in [2.05, 4.69) is 117 Å². The zero-order valence-corrected chi connectivity index (χ0v) is 21.5. The van der Waals surface area contributed by atoms with Gasteiger partial charge in [-0.1, -0.05) is 66.2 Å². The monoisotopic (exact) mass is 475 g/mol. The highest BCUT2D eigenvalue weighted by molar-refractivity contribution is 6.99. The molecule has 5 aromatic carbocycles. The maximum atomic E-state index is 6.66. The van der Waals surface area contributed by atoms with Gasteiger partial charge in [0.2, 0.25) is 0 Å². The van der Waals surface area contributed by atoms with Gasteiger partial charge in [-0.15, -0.1) is 0 Å². The van der Waals surface area contributed by atoms with Crippen molar-refractivity contribution in [3.8, 4) is 28.3 Å². The molecule has 0 N–H and O–H groups in total. The smallest absolute Gasteiger partial charge is 0.256 e. The number of nitrogens with zero attached hydrogens (tertiary/aromatic N) is 1. The molecule has 2 aliphatic heterocycles. The third-order valence-electron chi connectivity index (χ3n) is 8.34. The Balaban J connectivity index is 1.48. The van der Waals surface area contributed by atoms with Crippen molar-refractivity contribution in [2.75, 3.05) is 0 Å². The van der Waals surface area contributed by atoms with Gasteiger partial charge < -0.3 is 9.30 Å². The molecule has 0 amide bonds. The number of fused-ring (bicyclic) bond motifs is 7. The number of rotatable bonds is 1. The Bertz CT molecular complexity index is 1940. The SMILES string of the molecule is Cc1cc(C)c(-c2ccc3c(c2)B2c4c(cc(C)cc4-n4c5ccccc5c5cccc2c54)O3)c(C)c1. The number of benzene rings is 5. The molecule has 3 heterocycles. The van der Waals surface area contributed by atoms with Crippen LogP contribution in [-0.2, 0) is 0 Å². The van der Waals surface area contributed by atoms with E-state index in [-0.39, 0.29) is 6.71 Å². The molecule has 0 radical (unpaired) electrons. The molecule has 2 aliphatic rings. The lowest BCUT2D eigenvalue weighted by Crippen LogP contribution is -2.58. The minimum Gasteiger partial charge on any atom is -0.458 e. The number of aromatic nitrogens is 1. The fourth-order valence-electron chi connectivity index (χ4n) is 7.09. The van der Waals surface area contributed by atoms with E-state index in [0.29, 0.717) is 0 Å². The summed E-state index contributed by atoms with van der Waals surface area (Å²) in [6.07, 6.45) is 0. The summed E-state index contributed by atoms with van der Waals surface area (Å²) in [5.74, 6) is 1.94. The van der Waals surface area contributed by atoms with E-state index in [4.69, 9.17) is 4.74 Å². The van der Waals surface area contributed by atoms with Crippen LogP contribution in [0.2, 0.25) is 0 Å². The van der Waals surface area contributed by atoms with Crippen molar-refractivity contribution in [3.05, 3.63) is 107 Å². The second-order valence-corrected chi connectivity index (χ2v) is 10.9. The van der Waals surface area contributed by atoms with E-state index in [1.54, 1.807) is 0 Å². The highest BCUT2D eigenvalue weighted by atomic mass is 16.5. The van der Waals surface area contributed by atoms with Crippen LogP contribution in [0.15, 0.2) is 84.9 Å². The summed E-state index contributed by atoms with van der Waals surface area (Å²) >= 11 is 0. The van der Waals surface area contributed by atoms with Gasteiger partial charge in [0.05, 0.1) is 5.52 Å². The van der Waals surface area contributed by atoms with Crippen LogP contribution in [0.25, 0.3) is 38.6 Å². The molecule has 6 aromatic rings. The Hall–Kier alpha value is -4.24. The summed E-state index contributed by atoms with van der Waals surface area (Å²) in [4.78, 5) is 0. The average molecular weight is 475 g/mol. The van der Waals surface area contributed by atoms with Crippen LogP contribution < -0.4 is 21.1 Å². The van der Waals surface area contributed by atoms with E-state index in [0.717, 1.165) is 11.5 Å². The lowest BCUT2D eigenvalue weighted by molar-refractivity contribution is 0.487. The van der Waals surface area contributed by atoms with Crippen molar-refractivity contribution >= 4 is 44.9 Å². The Kier molecular flexibility index (Phi) is 4.05. The summed E-state index contributed by atoms with van der Waals surface area (Å²) in [6.45, 7) is 8.91. The molecule has 176 valence electrons. The van der Waals surface area contributed by atoms with Gasteiger partial charge in [0.25, 0.3) is 6.71 Å². The molecule has 37 heavy (non-hydrogen) atoms. The van der Waals surface area contributed by atoms with Gasteiger partial charge in [0.1, 0.15) is 11.5 Å². The molecule has 0 saturated heterocycles. The minimum absolute atomic E-state index is 0.126. The van der Waals surface area contributed by atoms with E-state index < -0.39 is 0 Å². The number of hydrogen-bond donors (Lipinski definition) is 0. The number of para-hydroxylation sites is 2. The molecule has 0 bridgehead atoms. The number of ether oxygens (including phenoxy) is 1. The average Bonchev–Trinajstić information content (AvgIpc) is 3.21. The number of aryl methyl sites for hydroxylation is 4. The van der Waals surface area contributed by atoms with Crippen LogP contribution in [0.5, 0.6) is 11.5 Å². The van der Waals surface area contributed by atoms with Gasteiger partial charge in [-0.05, 0) is 96.2 Å². The summed E-state index contributed by atoms with van der Waals surface area (Å²) in [6, 6.07) is 31.5. The Morgan fingerprint density at radius 3 is 2.24 bits per heavy atom. The first-order chi connectivity index (χ1) is 18.0. The first-order valence-electron chi connectivity index (χ1n) is 13.1. The molecule has 0 unspecified atom stereocenters. The predicted octanol–water partition coefficient (Wildman–Crippen LogP) is 6.62. The van der Waals surface area contributed by atoms with Crippen molar-refractivity contribution in [3.63, 3.8) is 0 Å². The van der Waals surface area contributed by atoms with Crippen molar-refractivity contribution < 1.29 is 4.74 Å². The maximum Gasteiger partial charge on any atom is 0.256 e. The molecular weight excluding hydrogens is 449 g/mol. The summed E-state index contributed by atoms with van der Waals surface area (Å²) in [5, 5.41) is 2.62. The van der Waals surface area contributed by atoms with Crippen molar-refractivity contribution in [2.45, 2.75) is 27.7 Å². The van der Waals surface area contributed by atoms with E-state index >= 15 is 0 Å². The van der Waals surface area contributed by atoms with Gasteiger partial charge in [0, 0.05) is 22.0 Å². The Morgan fingerprint density at radius 2 is 1.41 bits per heavy atom. The topological polar surface area (TPSA) is 14.2 Å². The van der Waals surface area contributed by atoms with Crippen molar-refractivity contribution in [1.29, 1.82) is 0 Å². The van der Waals surface area contributed by atoms with Gasteiger partial charge in [0.15, 0.2) is 0 Å². The largest absolute Gasteiger partial charge is 0.458 e. The van der Waals surface area contributed by atoms with Crippen LogP contribution in [0.4, 0.5) is 0 Å². The molecule has 0 saturated carbocycles. The molecule has 2 nitrogen and oxygen atoms in total. The Labute approximate surface area is 217 Å². The predicted molar refractivity (Wildman–Crippen MR) is 156 cm³/mol. The van der Waals surface area contributed by atoms with E-state index in [1.165, 1.54) is 77.3 Å². The lowest BCUT2D eigenvalue weighted by atomic mass is 9.34. The lowest BCUT2D eigenvalue weighted by Gasteiger charge is -2.34. The van der Waals surface area contributed by atoms with Gasteiger partial charge in [-0.3, -0.25) is 0 Å². The highest BCUT2D eigenvalue weighted by Crippen LogP contribution is 2.38. The molecule has 3 heteroatoms. The molecular formula is C34H26BNO. The van der Waals surface area contributed by atoms with Crippen molar-refractivity contribution in [2.24, 2.45) is 0 Å². The molecule has 0 spiro atoms. The second-order valence-electron chi connectivity index (χ2n) is 10.9. The first-order valence-corrected chi connectivity index (χ1v) is 13.1. The van der Waals surface area contributed by atoms with Crippen LogP contribution in [-0.4, -0.2) is 11.3 Å². The standard InChI is InChI=1S/C34H26BNO/c1-19-14-21(3)32(22(4)15-19)23-12-13-30-27(18-23)35-26-10-7-9-25-24-8-5-6-11-28(24)36(34(25)26)29-16-20(2)17-31(37-30)33(29)35/h5-18H,1-4H3. The van der Waals surface area contributed by atoms with Gasteiger partial charge in [-0.25, -0.2) is 0 Å². The fraction of sp³-hybridized carbons (Fsp3) is 0.118. The van der Waals surface area contributed by atoms with Crippen LogP contribution >= 0.6 is 0 Å². The highest BCUT2D eigenvalue weighted by Gasteiger charge is 2.40. The summed E-state index contributed by atoms with van der Waals surface area (Å²) in [5.41, 5.74) is 15.4. The second kappa shape index (κ2) is 7.17. The first kappa shape index (κ1) is 20.9. The zero-order chi connectivity index (χ0) is 25.0. The third-order valence-corrected chi connectivity index (χ3v) is 8.34. The fourth-order valence-corrected chi connectivity index (χ4v) is 7.09. The van der Waals surface area contributed by atoms with E-state index in [1.807, 2.05) is 0 Å². The third kappa shape index (κ3) is 2.72. The Morgan fingerprint density at radius 1 is 0.649 bits per heavy atom. The quantitative estimate of drug-likeness (QED) is 0.244.